The molecule has 1 aliphatic heterocycles. The fourth-order valence-corrected chi connectivity index (χ4v) is 4.72. The Kier molecular flexibility index (Phi) is 9.97. The number of likely N-dealkylation sites (N-methyl/N-ethyl adjacent to an activating group) is 1. The standard InChI is InChI=1S/C26H38N2O7/c1-5-25(11-6-7-13-28(4)17-25)19-9-8-10-20(15-19)35-21(30)16-26(34,12-14-29)24(33)27-22(18(2)3)23(31)32/h8-10,14-15,18,22,34H,5-7,11-13,16-17H2,1-4H3,(H,27,33)(H,31,32)/t22?,25?,26-/m0/s1. The van der Waals surface area contributed by atoms with Gasteiger partial charge < -0.3 is 30.0 Å². The molecule has 1 aliphatic rings. The lowest BCUT2D eigenvalue weighted by Gasteiger charge is -2.35. The molecular weight excluding hydrogens is 452 g/mol. The first-order chi connectivity index (χ1) is 16.5. The summed E-state index contributed by atoms with van der Waals surface area (Å²) < 4.78 is 5.46. The van der Waals surface area contributed by atoms with Crippen LogP contribution in [-0.4, -0.2) is 71.0 Å². The van der Waals surface area contributed by atoms with Crippen LogP contribution in [0, 0.1) is 5.92 Å². The maximum Gasteiger partial charge on any atom is 0.326 e. The fourth-order valence-electron chi connectivity index (χ4n) is 4.72. The van der Waals surface area contributed by atoms with Gasteiger partial charge in [0.15, 0.2) is 5.60 Å². The number of aliphatic hydroxyl groups is 1. The molecule has 194 valence electrons. The van der Waals surface area contributed by atoms with Crippen LogP contribution in [0.1, 0.15) is 64.9 Å². The molecule has 1 aromatic carbocycles. The number of nitrogens with zero attached hydrogens (tertiary/aromatic N) is 1. The first kappa shape index (κ1) is 28.5. The molecule has 1 amide bonds. The summed E-state index contributed by atoms with van der Waals surface area (Å²) >= 11 is 0. The fraction of sp³-hybridized carbons (Fsp3) is 0.615. The highest BCUT2D eigenvalue weighted by molar-refractivity contribution is 5.94. The van der Waals surface area contributed by atoms with Gasteiger partial charge in [-0.25, -0.2) is 4.79 Å². The van der Waals surface area contributed by atoms with Crippen molar-refractivity contribution in [3.63, 3.8) is 0 Å². The van der Waals surface area contributed by atoms with Crippen LogP contribution in [0.15, 0.2) is 24.3 Å². The number of hydrogen-bond donors (Lipinski definition) is 3. The molecule has 1 heterocycles. The Morgan fingerprint density at radius 2 is 2.00 bits per heavy atom. The summed E-state index contributed by atoms with van der Waals surface area (Å²) in [6.45, 7) is 7.26. The molecule has 3 atom stereocenters. The number of rotatable bonds is 11. The zero-order chi connectivity index (χ0) is 26.2. The van der Waals surface area contributed by atoms with E-state index in [1.807, 2.05) is 18.2 Å². The van der Waals surface area contributed by atoms with Crippen molar-refractivity contribution in [2.45, 2.75) is 76.4 Å². The highest BCUT2D eigenvalue weighted by Gasteiger charge is 2.41. The Morgan fingerprint density at radius 1 is 1.29 bits per heavy atom. The van der Waals surface area contributed by atoms with Crippen molar-refractivity contribution in [1.29, 1.82) is 0 Å². The van der Waals surface area contributed by atoms with E-state index in [0.717, 1.165) is 44.3 Å². The van der Waals surface area contributed by atoms with Crippen molar-refractivity contribution < 1.29 is 34.1 Å². The minimum absolute atomic E-state index is 0.0749. The van der Waals surface area contributed by atoms with Crippen LogP contribution >= 0.6 is 0 Å². The predicted octanol–water partition coefficient (Wildman–Crippen LogP) is 2.29. The Bertz CT molecular complexity index is 919. The third-order valence-electron chi connectivity index (χ3n) is 6.87. The van der Waals surface area contributed by atoms with Crippen LogP contribution in [0.2, 0.25) is 0 Å². The van der Waals surface area contributed by atoms with E-state index in [1.54, 1.807) is 19.9 Å². The van der Waals surface area contributed by atoms with Crippen LogP contribution in [-0.2, 0) is 24.6 Å². The number of hydrogen-bond acceptors (Lipinski definition) is 7. The molecule has 1 aromatic rings. The minimum atomic E-state index is -2.42. The van der Waals surface area contributed by atoms with Crippen molar-refractivity contribution in [3.8, 4) is 5.75 Å². The van der Waals surface area contributed by atoms with Gasteiger partial charge in [0, 0.05) is 18.4 Å². The SMILES string of the molecule is CCC1(c2cccc(OC(=O)C[C@@](O)(CC=O)C(=O)NC(C(=O)O)C(C)C)c2)CCCCN(C)C1. The minimum Gasteiger partial charge on any atom is -0.480 e. The molecule has 35 heavy (non-hydrogen) atoms. The number of esters is 1. The average molecular weight is 491 g/mol. The van der Waals surface area contributed by atoms with E-state index < -0.39 is 48.2 Å². The molecule has 9 nitrogen and oxygen atoms in total. The lowest BCUT2D eigenvalue weighted by Crippen LogP contribution is -2.55. The van der Waals surface area contributed by atoms with Crippen LogP contribution in [0.5, 0.6) is 5.75 Å². The molecule has 2 rings (SSSR count). The normalized spacial score (nSPS) is 21.4. The van der Waals surface area contributed by atoms with Gasteiger partial charge in [-0.15, -0.1) is 0 Å². The van der Waals surface area contributed by atoms with Gasteiger partial charge in [0.25, 0.3) is 5.91 Å². The quantitative estimate of drug-likeness (QED) is 0.244. The van der Waals surface area contributed by atoms with Gasteiger partial charge in [0.1, 0.15) is 18.1 Å². The van der Waals surface area contributed by atoms with Crippen molar-refractivity contribution in [2.24, 2.45) is 5.92 Å². The zero-order valence-electron chi connectivity index (χ0n) is 21.1. The summed E-state index contributed by atoms with van der Waals surface area (Å²) in [4.78, 5) is 50.3. The van der Waals surface area contributed by atoms with Gasteiger partial charge in [-0.1, -0.05) is 39.3 Å². The summed E-state index contributed by atoms with van der Waals surface area (Å²) in [7, 11) is 2.10. The second-order valence-electron chi connectivity index (χ2n) is 9.94. The molecule has 1 saturated heterocycles. The Morgan fingerprint density at radius 3 is 2.60 bits per heavy atom. The van der Waals surface area contributed by atoms with E-state index >= 15 is 0 Å². The number of carbonyl (C=O) groups excluding carboxylic acids is 3. The number of ether oxygens (including phenoxy) is 1. The summed E-state index contributed by atoms with van der Waals surface area (Å²) in [5.41, 5.74) is -1.44. The second kappa shape index (κ2) is 12.3. The number of likely N-dealkylation sites (tertiary alicyclic amines) is 1. The Labute approximate surface area is 206 Å². The number of benzene rings is 1. The number of aldehydes is 1. The monoisotopic (exact) mass is 490 g/mol. The Hall–Kier alpha value is -2.78. The first-order valence-electron chi connectivity index (χ1n) is 12.2. The summed E-state index contributed by atoms with van der Waals surface area (Å²) in [5, 5.41) is 22.3. The third kappa shape index (κ3) is 7.35. The second-order valence-corrected chi connectivity index (χ2v) is 9.94. The van der Waals surface area contributed by atoms with Crippen molar-refractivity contribution >= 4 is 24.1 Å². The van der Waals surface area contributed by atoms with Crippen molar-refractivity contribution in [1.82, 2.24) is 10.2 Å². The van der Waals surface area contributed by atoms with Crippen LogP contribution in [0.3, 0.4) is 0 Å². The smallest absolute Gasteiger partial charge is 0.326 e. The van der Waals surface area contributed by atoms with Gasteiger partial charge >= 0.3 is 11.9 Å². The largest absolute Gasteiger partial charge is 0.480 e. The molecule has 0 spiro atoms. The number of carboxylic acids is 1. The molecule has 0 aliphatic carbocycles. The van der Waals surface area contributed by atoms with Crippen molar-refractivity contribution in [2.75, 3.05) is 20.1 Å². The van der Waals surface area contributed by atoms with E-state index in [9.17, 15) is 29.4 Å². The number of carboxylic acid groups (broad SMARTS) is 1. The highest BCUT2D eigenvalue weighted by Crippen LogP contribution is 2.37. The summed E-state index contributed by atoms with van der Waals surface area (Å²) in [5.74, 6) is -3.48. The van der Waals surface area contributed by atoms with Gasteiger partial charge in [-0.3, -0.25) is 9.59 Å². The molecular formula is C26H38N2O7. The van der Waals surface area contributed by atoms with Gasteiger partial charge in [0.05, 0.1) is 6.42 Å². The van der Waals surface area contributed by atoms with Gasteiger partial charge in [-0.05, 0) is 56.5 Å². The zero-order valence-corrected chi connectivity index (χ0v) is 21.1. The molecule has 9 heteroatoms. The predicted molar refractivity (Wildman–Crippen MR) is 130 cm³/mol. The maximum atomic E-state index is 12.7. The maximum absolute atomic E-state index is 12.7. The summed E-state index contributed by atoms with van der Waals surface area (Å²) in [6.07, 6.45) is 3.01. The van der Waals surface area contributed by atoms with E-state index in [4.69, 9.17) is 4.74 Å². The molecule has 0 bridgehead atoms. The lowest BCUT2D eigenvalue weighted by atomic mass is 9.74. The molecule has 3 N–H and O–H groups in total. The molecule has 0 aromatic heterocycles. The molecule has 1 fully saturated rings. The third-order valence-corrected chi connectivity index (χ3v) is 6.87. The van der Waals surface area contributed by atoms with Gasteiger partial charge in [0.2, 0.25) is 0 Å². The first-order valence-corrected chi connectivity index (χ1v) is 12.2. The average Bonchev–Trinajstić information content (AvgIpc) is 2.98. The van der Waals surface area contributed by atoms with E-state index in [0.29, 0.717) is 6.29 Å². The lowest BCUT2D eigenvalue weighted by molar-refractivity contribution is -0.155. The van der Waals surface area contributed by atoms with E-state index in [2.05, 4.69) is 24.2 Å². The number of amides is 1. The van der Waals surface area contributed by atoms with Crippen LogP contribution in [0.25, 0.3) is 0 Å². The molecule has 2 unspecified atom stereocenters. The summed E-state index contributed by atoms with van der Waals surface area (Å²) in [6, 6.07) is 6.00. The van der Waals surface area contributed by atoms with E-state index in [-0.39, 0.29) is 11.2 Å². The highest BCUT2D eigenvalue weighted by atomic mass is 16.5. The number of aliphatic carboxylic acids is 1. The van der Waals surface area contributed by atoms with Crippen LogP contribution in [0.4, 0.5) is 0 Å². The molecule has 0 saturated carbocycles. The van der Waals surface area contributed by atoms with Crippen LogP contribution < -0.4 is 10.1 Å². The van der Waals surface area contributed by atoms with Crippen molar-refractivity contribution in [3.05, 3.63) is 29.8 Å². The van der Waals surface area contributed by atoms with Gasteiger partial charge in [-0.2, -0.15) is 0 Å². The Balaban J connectivity index is 2.19. The topological polar surface area (TPSA) is 133 Å². The molecule has 0 radical (unpaired) electrons. The number of carbonyl (C=O) groups is 4. The van der Waals surface area contributed by atoms with E-state index in [1.165, 1.54) is 0 Å². The number of nitrogens with one attached hydrogen (secondary N) is 1.